The van der Waals surface area contributed by atoms with Crippen LogP contribution in [0.4, 0.5) is 0 Å². The van der Waals surface area contributed by atoms with Gasteiger partial charge in [-0.2, -0.15) is 5.10 Å². The van der Waals surface area contributed by atoms with E-state index in [1.807, 2.05) is 60.1 Å². The molecule has 4 heteroatoms. The summed E-state index contributed by atoms with van der Waals surface area (Å²) in [4.78, 5) is 0. The van der Waals surface area contributed by atoms with Gasteiger partial charge in [-0.3, -0.25) is 0 Å². The smallest absolute Gasteiger partial charge is 0.119 e. The van der Waals surface area contributed by atoms with Crippen molar-refractivity contribution in [1.82, 2.24) is 9.78 Å². The van der Waals surface area contributed by atoms with Crippen molar-refractivity contribution in [3.8, 4) is 22.7 Å². The second-order valence-electron chi connectivity index (χ2n) is 4.79. The predicted molar refractivity (Wildman–Crippen MR) is 85.3 cm³/mol. The van der Waals surface area contributed by atoms with Crippen LogP contribution in [-0.2, 0) is 0 Å². The Morgan fingerprint density at radius 3 is 2.29 bits per heavy atom. The largest absolute Gasteiger partial charge is 0.497 e. The lowest BCUT2D eigenvalue weighted by molar-refractivity contribution is 0.414. The molecular weight excluding hydrogens is 284 g/mol. The van der Waals surface area contributed by atoms with Gasteiger partial charge in [-0.25, -0.2) is 4.68 Å². The first-order chi connectivity index (χ1) is 10.2. The first-order valence-corrected chi connectivity index (χ1v) is 7.02. The van der Waals surface area contributed by atoms with E-state index in [1.54, 1.807) is 7.11 Å². The highest BCUT2D eigenvalue weighted by Crippen LogP contribution is 2.26. The van der Waals surface area contributed by atoms with E-state index in [0.29, 0.717) is 0 Å². The lowest BCUT2D eigenvalue weighted by Crippen LogP contribution is -1.99. The Morgan fingerprint density at radius 2 is 1.67 bits per heavy atom. The zero-order valence-corrected chi connectivity index (χ0v) is 12.6. The summed E-state index contributed by atoms with van der Waals surface area (Å²) < 4.78 is 7.12. The Labute approximate surface area is 128 Å². The average molecular weight is 299 g/mol. The highest BCUT2D eigenvalue weighted by atomic mass is 35.5. The molecule has 106 valence electrons. The number of hydrogen-bond donors (Lipinski definition) is 0. The summed E-state index contributed by atoms with van der Waals surface area (Å²) in [6.07, 6.45) is 0. The van der Waals surface area contributed by atoms with Gasteiger partial charge in [-0.1, -0.05) is 23.7 Å². The first kappa shape index (κ1) is 13.7. The number of halogens is 1. The maximum Gasteiger partial charge on any atom is 0.119 e. The Bertz CT molecular complexity index is 745. The van der Waals surface area contributed by atoms with Crippen LogP contribution in [0.25, 0.3) is 16.9 Å². The number of aryl methyl sites for hydroxylation is 1. The van der Waals surface area contributed by atoms with Crippen LogP contribution in [0, 0.1) is 6.92 Å². The van der Waals surface area contributed by atoms with Crippen LogP contribution < -0.4 is 4.74 Å². The molecule has 0 amide bonds. The van der Waals surface area contributed by atoms with Crippen molar-refractivity contribution in [2.75, 3.05) is 7.11 Å². The third-order valence-corrected chi connectivity index (χ3v) is 3.54. The molecule has 1 heterocycles. The second-order valence-corrected chi connectivity index (χ2v) is 5.22. The number of methoxy groups -OCH3 is 1. The summed E-state index contributed by atoms with van der Waals surface area (Å²) in [5, 5.41) is 5.31. The molecule has 0 radical (unpaired) electrons. The third kappa shape index (κ3) is 2.78. The Morgan fingerprint density at radius 1 is 1.00 bits per heavy atom. The summed E-state index contributed by atoms with van der Waals surface area (Å²) in [7, 11) is 1.66. The van der Waals surface area contributed by atoms with Crippen molar-refractivity contribution < 1.29 is 4.74 Å². The molecule has 21 heavy (non-hydrogen) atoms. The van der Waals surface area contributed by atoms with Gasteiger partial charge in [-0.05, 0) is 49.4 Å². The van der Waals surface area contributed by atoms with Gasteiger partial charge in [0.2, 0.25) is 0 Å². The van der Waals surface area contributed by atoms with Crippen molar-refractivity contribution in [1.29, 1.82) is 0 Å². The fourth-order valence-electron chi connectivity index (χ4n) is 2.25. The van der Waals surface area contributed by atoms with Gasteiger partial charge >= 0.3 is 0 Å². The lowest BCUT2D eigenvalue weighted by Gasteiger charge is -2.08. The minimum Gasteiger partial charge on any atom is -0.497 e. The summed E-state index contributed by atoms with van der Waals surface area (Å²) in [6, 6.07) is 17.7. The van der Waals surface area contributed by atoms with E-state index in [2.05, 4.69) is 11.2 Å². The molecule has 0 aliphatic heterocycles. The highest BCUT2D eigenvalue weighted by Gasteiger charge is 2.10. The number of rotatable bonds is 3. The lowest BCUT2D eigenvalue weighted by atomic mass is 10.1. The van der Waals surface area contributed by atoms with Gasteiger partial charge in [0.15, 0.2) is 0 Å². The molecule has 0 spiro atoms. The molecule has 0 aliphatic rings. The highest BCUT2D eigenvalue weighted by molar-refractivity contribution is 6.30. The molecule has 2 aromatic carbocycles. The van der Waals surface area contributed by atoms with Crippen LogP contribution >= 0.6 is 11.6 Å². The zero-order chi connectivity index (χ0) is 14.8. The molecule has 3 rings (SSSR count). The van der Waals surface area contributed by atoms with Crippen LogP contribution in [-0.4, -0.2) is 16.9 Å². The maximum absolute atomic E-state index is 5.96. The van der Waals surface area contributed by atoms with Gasteiger partial charge in [0, 0.05) is 10.6 Å². The molecular formula is C17H15ClN2O. The van der Waals surface area contributed by atoms with E-state index in [1.165, 1.54) is 0 Å². The summed E-state index contributed by atoms with van der Waals surface area (Å²) >= 11 is 5.96. The number of benzene rings is 2. The van der Waals surface area contributed by atoms with Crippen molar-refractivity contribution >= 4 is 11.6 Å². The third-order valence-electron chi connectivity index (χ3n) is 3.29. The minimum atomic E-state index is 0.728. The average Bonchev–Trinajstić information content (AvgIpc) is 2.90. The number of ether oxygens (including phenoxy) is 1. The molecule has 0 saturated heterocycles. The maximum atomic E-state index is 5.96. The van der Waals surface area contributed by atoms with Gasteiger partial charge in [0.1, 0.15) is 5.75 Å². The predicted octanol–water partition coefficient (Wildman–Crippen LogP) is 4.51. The van der Waals surface area contributed by atoms with E-state index < -0.39 is 0 Å². The zero-order valence-electron chi connectivity index (χ0n) is 11.9. The Hall–Kier alpha value is -2.26. The topological polar surface area (TPSA) is 27.1 Å². The van der Waals surface area contributed by atoms with E-state index in [-0.39, 0.29) is 0 Å². The molecule has 0 atom stereocenters. The fraction of sp³-hybridized carbons (Fsp3) is 0.118. The molecule has 0 fully saturated rings. The summed E-state index contributed by atoms with van der Waals surface area (Å²) in [6.45, 7) is 1.99. The Balaban J connectivity index is 2.08. The fourth-order valence-corrected chi connectivity index (χ4v) is 2.37. The molecule has 0 N–H and O–H groups in total. The van der Waals surface area contributed by atoms with Crippen molar-refractivity contribution in [3.05, 3.63) is 65.3 Å². The number of aromatic nitrogens is 2. The molecule has 1 aromatic heterocycles. The molecule has 0 aliphatic carbocycles. The van der Waals surface area contributed by atoms with Crippen LogP contribution in [0.5, 0.6) is 5.75 Å². The van der Waals surface area contributed by atoms with E-state index >= 15 is 0 Å². The van der Waals surface area contributed by atoms with Crippen LogP contribution in [0.15, 0.2) is 54.6 Å². The SMILES string of the molecule is COc1ccc(-n2nc(C)cc2-c2ccc(Cl)cc2)cc1. The molecule has 0 unspecified atom stereocenters. The van der Waals surface area contributed by atoms with Crippen LogP contribution in [0.1, 0.15) is 5.69 Å². The van der Waals surface area contributed by atoms with Crippen molar-refractivity contribution in [3.63, 3.8) is 0 Å². The quantitative estimate of drug-likeness (QED) is 0.711. The first-order valence-electron chi connectivity index (χ1n) is 6.64. The van der Waals surface area contributed by atoms with Gasteiger partial charge in [0.25, 0.3) is 0 Å². The summed E-state index contributed by atoms with van der Waals surface area (Å²) in [5.74, 6) is 0.829. The molecule has 0 saturated carbocycles. The van der Waals surface area contributed by atoms with Gasteiger partial charge < -0.3 is 4.74 Å². The van der Waals surface area contributed by atoms with E-state index in [0.717, 1.165) is 33.4 Å². The monoisotopic (exact) mass is 298 g/mol. The molecule has 3 aromatic rings. The van der Waals surface area contributed by atoms with Crippen LogP contribution in [0.3, 0.4) is 0 Å². The standard InChI is InChI=1S/C17H15ClN2O/c1-12-11-17(13-3-5-14(18)6-4-13)20(19-12)15-7-9-16(21-2)10-8-15/h3-11H,1-2H3. The second kappa shape index (κ2) is 5.62. The Kier molecular flexibility index (Phi) is 3.67. The summed E-state index contributed by atoms with van der Waals surface area (Å²) in [5.41, 5.74) is 4.08. The normalized spacial score (nSPS) is 10.6. The molecule has 0 bridgehead atoms. The van der Waals surface area contributed by atoms with E-state index in [4.69, 9.17) is 16.3 Å². The van der Waals surface area contributed by atoms with Crippen molar-refractivity contribution in [2.24, 2.45) is 0 Å². The van der Waals surface area contributed by atoms with Crippen molar-refractivity contribution in [2.45, 2.75) is 6.92 Å². The van der Waals surface area contributed by atoms with Gasteiger partial charge in [0.05, 0.1) is 24.2 Å². The van der Waals surface area contributed by atoms with E-state index in [9.17, 15) is 0 Å². The number of nitrogens with zero attached hydrogens (tertiary/aromatic N) is 2. The minimum absolute atomic E-state index is 0.728. The number of hydrogen-bond acceptors (Lipinski definition) is 2. The van der Waals surface area contributed by atoms with Gasteiger partial charge in [-0.15, -0.1) is 0 Å². The molecule has 3 nitrogen and oxygen atoms in total. The van der Waals surface area contributed by atoms with Crippen LogP contribution in [0.2, 0.25) is 5.02 Å².